The summed E-state index contributed by atoms with van der Waals surface area (Å²) in [6, 6.07) is 6.44. The highest BCUT2D eigenvalue weighted by Crippen LogP contribution is 2.38. The van der Waals surface area contributed by atoms with Gasteiger partial charge in [0, 0.05) is 63.6 Å². The lowest BCUT2D eigenvalue weighted by molar-refractivity contribution is 0.116. The molecule has 0 aromatic carbocycles. The minimum Gasteiger partial charge on any atom is -0.492 e. The van der Waals surface area contributed by atoms with Gasteiger partial charge in [-0.25, -0.2) is 9.99 Å². The Morgan fingerprint density at radius 1 is 1.31 bits per heavy atom. The monoisotopic (exact) mass is 394 g/mol. The average molecular weight is 394 g/mol. The summed E-state index contributed by atoms with van der Waals surface area (Å²) in [6.07, 6.45) is 6.30. The molecule has 4 rings (SSSR count). The smallest absolute Gasteiger partial charge is 0.137 e. The van der Waals surface area contributed by atoms with Gasteiger partial charge in [0.05, 0.1) is 36.7 Å². The van der Waals surface area contributed by atoms with Crippen molar-refractivity contribution in [2.75, 3.05) is 57.9 Å². The van der Waals surface area contributed by atoms with Gasteiger partial charge in [0.15, 0.2) is 0 Å². The second-order valence-corrected chi connectivity index (χ2v) is 7.26. The maximum Gasteiger partial charge on any atom is 0.137 e. The number of anilines is 1. The van der Waals surface area contributed by atoms with Crippen molar-refractivity contribution in [2.45, 2.75) is 6.42 Å². The molecule has 1 saturated heterocycles. The van der Waals surface area contributed by atoms with Crippen LogP contribution in [0.4, 0.5) is 5.82 Å². The Kier molecular flexibility index (Phi) is 5.81. The predicted octanol–water partition coefficient (Wildman–Crippen LogP) is 1.07. The number of pyridine rings is 1. The van der Waals surface area contributed by atoms with Crippen LogP contribution in [0.15, 0.2) is 47.6 Å². The van der Waals surface area contributed by atoms with Crippen LogP contribution < -0.4 is 10.2 Å². The van der Waals surface area contributed by atoms with Crippen molar-refractivity contribution in [1.29, 1.82) is 5.26 Å². The largest absolute Gasteiger partial charge is 0.492 e. The number of rotatable bonds is 6. The molecule has 152 valence electrons. The van der Waals surface area contributed by atoms with Crippen LogP contribution in [0.1, 0.15) is 12.0 Å². The summed E-state index contributed by atoms with van der Waals surface area (Å²) in [7, 11) is 1.95. The number of nitriles is 1. The van der Waals surface area contributed by atoms with Crippen LogP contribution >= 0.6 is 0 Å². The number of fused-ring (bicyclic) bond motifs is 1. The van der Waals surface area contributed by atoms with Gasteiger partial charge in [-0.2, -0.15) is 5.26 Å². The molecule has 0 amide bonds. The number of likely N-dealkylation sites (N-methyl/N-ethyl adjacent to an activating group) is 1. The zero-order valence-corrected chi connectivity index (χ0v) is 16.6. The lowest BCUT2D eigenvalue weighted by Crippen LogP contribution is -2.43. The molecule has 1 fully saturated rings. The first-order chi connectivity index (χ1) is 14.2. The van der Waals surface area contributed by atoms with Gasteiger partial charge in [0.2, 0.25) is 0 Å². The highest BCUT2D eigenvalue weighted by molar-refractivity contribution is 5.83. The quantitative estimate of drug-likeness (QED) is 0.693. The Morgan fingerprint density at radius 2 is 2.14 bits per heavy atom. The van der Waals surface area contributed by atoms with Crippen LogP contribution in [0.25, 0.3) is 5.57 Å². The Labute approximate surface area is 171 Å². The number of hydrogen-bond donors (Lipinski definition) is 2. The van der Waals surface area contributed by atoms with Crippen molar-refractivity contribution in [3.8, 4) is 6.07 Å². The summed E-state index contributed by atoms with van der Waals surface area (Å²) in [5.74, 6) is 1.67. The minimum absolute atomic E-state index is 0.0919. The highest BCUT2D eigenvalue weighted by Gasteiger charge is 2.32. The Balaban J connectivity index is 1.65. The van der Waals surface area contributed by atoms with Crippen LogP contribution in [0.2, 0.25) is 0 Å². The number of nitrogens with zero attached hydrogens (tertiary/aromatic N) is 5. The van der Waals surface area contributed by atoms with E-state index in [2.05, 4.69) is 27.3 Å². The van der Waals surface area contributed by atoms with Crippen molar-refractivity contribution in [1.82, 2.24) is 20.3 Å². The average Bonchev–Trinajstić information content (AvgIpc) is 3.10. The van der Waals surface area contributed by atoms with Crippen LogP contribution in [0.3, 0.4) is 0 Å². The highest BCUT2D eigenvalue weighted by atomic mass is 16.5. The maximum atomic E-state index is 9.64. The van der Waals surface area contributed by atoms with Crippen LogP contribution in [-0.4, -0.2) is 73.1 Å². The molecule has 3 aliphatic heterocycles. The van der Waals surface area contributed by atoms with E-state index in [1.807, 2.05) is 41.6 Å². The standard InChI is InChI=1S/C21H26N6O2/c1-25-14-17(12-22)21-19(11-18(15-27(21)25)29-10-2-9-28)16-3-4-20(24-13-16)26-7-5-23-6-8-26/h3-4,11,13,15,23,28H,2,5-10,14H2,1H3. The summed E-state index contributed by atoms with van der Waals surface area (Å²) in [4.78, 5) is 6.96. The first-order valence-electron chi connectivity index (χ1n) is 9.94. The lowest BCUT2D eigenvalue weighted by atomic mass is 9.98. The summed E-state index contributed by atoms with van der Waals surface area (Å²) in [5.41, 5.74) is 3.46. The van der Waals surface area contributed by atoms with Gasteiger partial charge in [-0.05, 0) is 18.2 Å². The molecule has 3 aliphatic rings. The molecule has 1 aromatic heterocycles. The molecule has 0 saturated carbocycles. The SMILES string of the molecule is CN1CC(C#N)=C2C(c3ccc(N4CCNCC4)nc3)=CC(OCCCO)=CN21. The van der Waals surface area contributed by atoms with E-state index in [1.165, 1.54) is 0 Å². The van der Waals surface area contributed by atoms with Gasteiger partial charge in [-0.15, -0.1) is 0 Å². The van der Waals surface area contributed by atoms with Crippen molar-refractivity contribution in [2.24, 2.45) is 0 Å². The van der Waals surface area contributed by atoms with E-state index in [4.69, 9.17) is 9.84 Å². The second kappa shape index (κ2) is 8.66. The van der Waals surface area contributed by atoms with E-state index in [9.17, 15) is 5.26 Å². The predicted molar refractivity (Wildman–Crippen MR) is 110 cm³/mol. The summed E-state index contributed by atoms with van der Waals surface area (Å²) in [5, 5.41) is 26.0. The van der Waals surface area contributed by atoms with E-state index < -0.39 is 0 Å². The van der Waals surface area contributed by atoms with E-state index in [-0.39, 0.29) is 6.61 Å². The zero-order valence-electron chi connectivity index (χ0n) is 16.6. The number of aromatic nitrogens is 1. The molecule has 29 heavy (non-hydrogen) atoms. The van der Waals surface area contributed by atoms with Crippen molar-refractivity contribution in [3.05, 3.63) is 53.2 Å². The molecule has 0 aliphatic carbocycles. The fourth-order valence-electron chi connectivity index (χ4n) is 3.77. The fraction of sp³-hybridized carbons (Fsp3) is 0.429. The molecule has 8 nitrogen and oxygen atoms in total. The molecular formula is C21H26N6O2. The Bertz CT molecular complexity index is 877. The van der Waals surface area contributed by atoms with Crippen LogP contribution in [-0.2, 0) is 4.74 Å². The molecule has 0 bridgehead atoms. The Hall–Kier alpha value is -2.86. The number of hydrogen-bond acceptors (Lipinski definition) is 8. The van der Waals surface area contributed by atoms with E-state index >= 15 is 0 Å². The number of piperazine rings is 1. The molecular weight excluding hydrogens is 368 g/mol. The third kappa shape index (κ3) is 3.98. The van der Waals surface area contributed by atoms with Crippen molar-refractivity contribution in [3.63, 3.8) is 0 Å². The van der Waals surface area contributed by atoms with E-state index in [1.54, 1.807) is 0 Å². The number of allylic oxidation sites excluding steroid dienone is 2. The zero-order chi connectivity index (χ0) is 20.2. The topological polar surface area (TPSA) is 87.9 Å². The third-order valence-electron chi connectivity index (χ3n) is 5.27. The van der Waals surface area contributed by atoms with Gasteiger partial charge < -0.3 is 20.1 Å². The Morgan fingerprint density at radius 3 is 2.83 bits per heavy atom. The number of aliphatic hydroxyl groups is 1. The molecule has 2 N–H and O–H groups in total. The second-order valence-electron chi connectivity index (χ2n) is 7.26. The first kappa shape index (κ1) is 19.5. The van der Waals surface area contributed by atoms with Gasteiger partial charge in [-0.1, -0.05) is 0 Å². The summed E-state index contributed by atoms with van der Waals surface area (Å²) < 4.78 is 5.83. The molecule has 4 heterocycles. The molecule has 0 unspecified atom stereocenters. The van der Waals surface area contributed by atoms with E-state index in [0.717, 1.165) is 54.4 Å². The van der Waals surface area contributed by atoms with Crippen LogP contribution in [0, 0.1) is 11.3 Å². The third-order valence-corrected chi connectivity index (χ3v) is 5.27. The molecule has 0 spiro atoms. The summed E-state index contributed by atoms with van der Waals surface area (Å²) in [6.45, 7) is 4.91. The number of nitrogens with one attached hydrogen (secondary N) is 1. The van der Waals surface area contributed by atoms with Crippen LogP contribution in [0.5, 0.6) is 0 Å². The van der Waals surface area contributed by atoms with Gasteiger partial charge in [0.25, 0.3) is 0 Å². The summed E-state index contributed by atoms with van der Waals surface area (Å²) >= 11 is 0. The van der Waals surface area contributed by atoms with E-state index in [0.29, 0.717) is 25.3 Å². The van der Waals surface area contributed by atoms with Gasteiger partial charge in [-0.3, -0.25) is 5.01 Å². The maximum absolute atomic E-state index is 9.64. The molecule has 1 aromatic rings. The minimum atomic E-state index is 0.0919. The number of aliphatic hydroxyl groups excluding tert-OH is 1. The van der Waals surface area contributed by atoms with Gasteiger partial charge >= 0.3 is 0 Å². The fourth-order valence-corrected chi connectivity index (χ4v) is 3.77. The molecule has 0 radical (unpaired) electrons. The molecule has 8 heteroatoms. The lowest BCUT2D eigenvalue weighted by Gasteiger charge is -2.31. The first-order valence-corrected chi connectivity index (χ1v) is 9.94. The van der Waals surface area contributed by atoms with Crippen molar-refractivity contribution < 1.29 is 9.84 Å². The molecule has 0 atom stereocenters. The number of hydrazine groups is 1. The van der Waals surface area contributed by atoms with Crippen molar-refractivity contribution >= 4 is 11.4 Å². The van der Waals surface area contributed by atoms with Gasteiger partial charge in [0.1, 0.15) is 11.6 Å². The normalized spacial score (nSPS) is 19.6. The number of ether oxygens (including phenoxy) is 1.